The third kappa shape index (κ3) is 1.71. The lowest BCUT2D eigenvalue weighted by Crippen LogP contribution is -2.03. The summed E-state index contributed by atoms with van der Waals surface area (Å²) in [6.45, 7) is 6.55. The Hall–Kier alpha value is 0.0200. The predicted octanol–water partition coefficient (Wildman–Crippen LogP) is 2.18. The van der Waals surface area contributed by atoms with Crippen LogP contribution in [0.5, 0.6) is 0 Å². The lowest BCUT2D eigenvalue weighted by Gasteiger charge is -2.08. The van der Waals surface area contributed by atoms with Gasteiger partial charge in [0, 0.05) is 11.5 Å². The molecule has 1 rings (SSSR count). The minimum Gasteiger partial charge on any atom is -0.279 e. The number of hydrogen-bond donors (Lipinski definition) is 0. The summed E-state index contributed by atoms with van der Waals surface area (Å²) in [4.78, 5) is 4.47. The summed E-state index contributed by atoms with van der Waals surface area (Å²) in [5.41, 5.74) is 1.30. The number of hydrogen-bond acceptors (Lipinski definition) is 2. The Morgan fingerprint density at radius 2 is 2.33 bits per heavy atom. The Bertz CT molecular complexity index is 129. The predicted molar refractivity (Wildman–Crippen MR) is 44.2 cm³/mol. The largest absolute Gasteiger partial charge is 0.279 e. The van der Waals surface area contributed by atoms with Gasteiger partial charge in [0.1, 0.15) is 0 Å². The van der Waals surface area contributed by atoms with Crippen molar-refractivity contribution < 1.29 is 0 Å². The van der Waals surface area contributed by atoms with Crippen molar-refractivity contribution in [2.45, 2.75) is 26.1 Å². The van der Waals surface area contributed by atoms with E-state index in [0.29, 0.717) is 11.3 Å². The van der Waals surface area contributed by atoms with Crippen LogP contribution in [0.25, 0.3) is 0 Å². The molecule has 1 unspecified atom stereocenters. The average molecular weight is 143 g/mol. The first-order valence-electron chi connectivity index (χ1n) is 3.35. The number of nitrogens with zero attached hydrogens (tertiary/aromatic N) is 1. The summed E-state index contributed by atoms with van der Waals surface area (Å²) in [5.74, 6) is 1.84. The van der Waals surface area contributed by atoms with E-state index in [1.165, 1.54) is 5.71 Å². The molecular formula is C7H13NS. The summed E-state index contributed by atoms with van der Waals surface area (Å²) in [5, 5.41) is 0.546. The monoisotopic (exact) mass is 143 g/mol. The van der Waals surface area contributed by atoms with Gasteiger partial charge in [-0.05, 0) is 12.8 Å². The molecule has 0 bridgehead atoms. The second-order valence-electron chi connectivity index (χ2n) is 2.81. The number of rotatable bonds is 1. The van der Waals surface area contributed by atoms with Gasteiger partial charge in [0.25, 0.3) is 0 Å². The van der Waals surface area contributed by atoms with Crippen molar-refractivity contribution in [2.24, 2.45) is 10.9 Å². The molecular weight excluding hydrogens is 130 g/mol. The molecule has 0 saturated heterocycles. The SMILES string of the molecule is CC1=NC(C(C)C)SC1. The molecule has 52 valence electrons. The molecule has 0 spiro atoms. The zero-order chi connectivity index (χ0) is 6.85. The second kappa shape index (κ2) is 2.74. The molecule has 9 heavy (non-hydrogen) atoms. The van der Waals surface area contributed by atoms with Crippen molar-refractivity contribution in [3.8, 4) is 0 Å². The van der Waals surface area contributed by atoms with Gasteiger partial charge in [-0.15, -0.1) is 11.8 Å². The van der Waals surface area contributed by atoms with E-state index >= 15 is 0 Å². The minimum atomic E-state index is 0.546. The van der Waals surface area contributed by atoms with E-state index in [2.05, 4.69) is 25.8 Å². The van der Waals surface area contributed by atoms with Gasteiger partial charge in [-0.1, -0.05) is 13.8 Å². The maximum Gasteiger partial charge on any atom is 0.0977 e. The number of aliphatic imine (C=N–C) groups is 1. The molecule has 0 aromatic heterocycles. The molecule has 0 radical (unpaired) electrons. The normalized spacial score (nSPS) is 27.1. The zero-order valence-electron chi connectivity index (χ0n) is 6.22. The zero-order valence-corrected chi connectivity index (χ0v) is 7.03. The quantitative estimate of drug-likeness (QED) is 0.548. The van der Waals surface area contributed by atoms with Crippen molar-refractivity contribution in [1.82, 2.24) is 0 Å². The van der Waals surface area contributed by atoms with E-state index in [-0.39, 0.29) is 0 Å². The fourth-order valence-electron chi connectivity index (χ4n) is 0.839. The van der Waals surface area contributed by atoms with Crippen LogP contribution in [0.2, 0.25) is 0 Å². The first-order chi connectivity index (χ1) is 4.20. The maximum atomic E-state index is 4.47. The molecule has 1 aliphatic heterocycles. The lowest BCUT2D eigenvalue weighted by atomic mass is 10.2. The van der Waals surface area contributed by atoms with Crippen LogP contribution in [0.15, 0.2) is 4.99 Å². The standard InChI is InChI=1S/C7H13NS/c1-5(2)7-8-6(3)4-9-7/h5,7H,4H2,1-3H3. The molecule has 1 aliphatic rings. The molecule has 0 aromatic rings. The summed E-state index contributed by atoms with van der Waals surface area (Å²) >= 11 is 1.95. The van der Waals surface area contributed by atoms with Crippen LogP contribution in [-0.2, 0) is 0 Å². The molecule has 0 saturated carbocycles. The van der Waals surface area contributed by atoms with Gasteiger partial charge in [-0.3, -0.25) is 4.99 Å². The molecule has 1 heterocycles. The van der Waals surface area contributed by atoms with Crippen LogP contribution in [0.1, 0.15) is 20.8 Å². The molecule has 0 aromatic carbocycles. The Morgan fingerprint density at radius 1 is 1.67 bits per heavy atom. The van der Waals surface area contributed by atoms with Gasteiger partial charge in [0.05, 0.1) is 5.37 Å². The van der Waals surface area contributed by atoms with Crippen LogP contribution in [0, 0.1) is 5.92 Å². The van der Waals surface area contributed by atoms with Crippen LogP contribution in [0.4, 0.5) is 0 Å². The van der Waals surface area contributed by atoms with Crippen molar-refractivity contribution in [3.05, 3.63) is 0 Å². The highest BCUT2D eigenvalue weighted by Crippen LogP contribution is 2.26. The molecule has 1 atom stereocenters. The Morgan fingerprint density at radius 3 is 2.56 bits per heavy atom. The van der Waals surface area contributed by atoms with Gasteiger partial charge < -0.3 is 0 Å². The first kappa shape index (κ1) is 7.13. The lowest BCUT2D eigenvalue weighted by molar-refractivity contribution is 0.630. The van der Waals surface area contributed by atoms with E-state index in [4.69, 9.17) is 0 Å². The Kier molecular flexibility index (Phi) is 2.17. The van der Waals surface area contributed by atoms with Gasteiger partial charge >= 0.3 is 0 Å². The van der Waals surface area contributed by atoms with Gasteiger partial charge in [-0.25, -0.2) is 0 Å². The van der Waals surface area contributed by atoms with E-state index in [9.17, 15) is 0 Å². The van der Waals surface area contributed by atoms with Crippen LogP contribution in [0.3, 0.4) is 0 Å². The summed E-state index contributed by atoms with van der Waals surface area (Å²) < 4.78 is 0. The van der Waals surface area contributed by atoms with Crippen molar-refractivity contribution >= 4 is 17.5 Å². The van der Waals surface area contributed by atoms with Crippen LogP contribution < -0.4 is 0 Å². The topological polar surface area (TPSA) is 12.4 Å². The van der Waals surface area contributed by atoms with Crippen LogP contribution >= 0.6 is 11.8 Å². The maximum absolute atomic E-state index is 4.47. The Labute approximate surface area is 60.9 Å². The molecule has 2 heteroatoms. The van der Waals surface area contributed by atoms with E-state index < -0.39 is 0 Å². The summed E-state index contributed by atoms with van der Waals surface area (Å²) in [6, 6.07) is 0. The fourth-order valence-corrected chi connectivity index (χ4v) is 1.97. The minimum absolute atomic E-state index is 0.546. The van der Waals surface area contributed by atoms with Gasteiger partial charge in [-0.2, -0.15) is 0 Å². The fraction of sp³-hybridized carbons (Fsp3) is 0.857. The van der Waals surface area contributed by atoms with Crippen molar-refractivity contribution in [1.29, 1.82) is 0 Å². The summed E-state index contributed by atoms with van der Waals surface area (Å²) in [7, 11) is 0. The molecule has 1 nitrogen and oxygen atoms in total. The summed E-state index contributed by atoms with van der Waals surface area (Å²) in [6.07, 6.45) is 0. The third-order valence-electron chi connectivity index (χ3n) is 1.38. The Balaban J connectivity index is 2.47. The smallest absolute Gasteiger partial charge is 0.0977 e. The average Bonchev–Trinajstić information content (AvgIpc) is 2.14. The second-order valence-corrected chi connectivity index (χ2v) is 3.91. The van der Waals surface area contributed by atoms with E-state index in [0.717, 1.165) is 5.75 Å². The molecule has 0 fully saturated rings. The molecule has 0 amide bonds. The molecule has 0 N–H and O–H groups in total. The van der Waals surface area contributed by atoms with E-state index in [1.807, 2.05) is 11.8 Å². The highest BCUT2D eigenvalue weighted by molar-refractivity contribution is 8.00. The van der Waals surface area contributed by atoms with E-state index in [1.54, 1.807) is 0 Å². The highest BCUT2D eigenvalue weighted by Gasteiger charge is 2.17. The third-order valence-corrected chi connectivity index (χ3v) is 2.96. The first-order valence-corrected chi connectivity index (χ1v) is 4.40. The highest BCUT2D eigenvalue weighted by atomic mass is 32.2. The number of thioether (sulfide) groups is 1. The van der Waals surface area contributed by atoms with Gasteiger partial charge in [0.2, 0.25) is 0 Å². The molecule has 0 aliphatic carbocycles. The van der Waals surface area contributed by atoms with Crippen molar-refractivity contribution in [3.63, 3.8) is 0 Å². The van der Waals surface area contributed by atoms with Crippen LogP contribution in [-0.4, -0.2) is 16.8 Å². The van der Waals surface area contributed by atoms with Crippen molar-refractivity contribution in [2.75, 3.05) is 5.75 Å². The van der Waals surface area contributed by atoms with Gasteiger partial charge in [0.15, 0.2) is 0 Å².